The summed E-state index contributed by atoms with van der Waals surface area (Å²) in [5.41, 5.74) is 2.44. The third-order valence-corrected chi connectivity index (χ3v) is 3.84. The van der Waals surface area contributed by atoms with E-state index in [9.17, 15) is 0 Å². The van der Waals surface area contributed by atoms with Gasteiger partial charge in [0.05, 0.1) is 0 Å². The van der Waals surface area contributed by atoms with Crippen LogP contribution in [0.5, 0.6) is 0 Å². The molecule has 4 rings (SSSR count). The number of hydrogen-bond acceptors (Lipinski definition) is 0. The van der Waals surface area contributed by atoms with Crippen LogP contribution in [-0.2, 0) is 26.2 Å². The summed E-state index contributed by atoms with van der Waals surface area (Å²) in [6.07, 6.45) is 8.31. The third kappa shape index (κ3) is 6.50. The van der Waals surface area contributed by atoms with Crippen LogP contribution in [0.1, 0.15) is 11.1 Å². The summed E-state index contributed by atoms with van der Waals surface area (Å²) < 4.78 is 0. The molecule has 0 unspecified atom stereocenters. The van der Waals surface area contributed by atoms with E-state index in [2.05, 4.69) is 91.0 Å². The van der Waals surface area contributed by atoms with E-state index in [1.807, 2.05) is 36.4 Å². The van der Waals surface area contributed by atoms with E-state index in [1.165, 1.54) is 21.9 Å². The summed E-state index contributed by atoms with van der Waals surface area (Å²) >= 11 is 0. The number of fused-ring (bicyclic) bond motifs is 1. The summed E-state index contributed by atoms with van der Waals surface area (Å²) in [7, 11) is 0. The zero-order valence-corrected chi connectivity index (χ0v) is 17.1. The van der Waals surface area contributed by atoms with Gasteiger partial charge >= 0.3 is 26.2 Å². The summed E-state index contributed by atoms with van der Waals surface area (Å²) in [5, 5.41) is 2.66. The Bertz CT molecular complexity index is 854. The van der Waals surface area contributed by atoms with E-state index in [1.54, 1.807) is 0 Å². The van der Waals surface area contributed by atoms with Crippen molar-refractivity contribution in [2.24, 2.45) is 0 Å². The van der Waals surface area contributed by atoms with Crippen LogP contribution in [0, 0.1) is 0 Å². The predicted octanol–water partition coefficient (Wildman–Crippen LogP) is 6.97. The molecule has 4 aromatic rings. The molecule has 0 saturated heterocycles. The summed E-state index contributed by atoms with van der Waals surface area (Å²) in [6, 6.07) is 35.3. The first-order valence-electron chi connectivity index (χ1n) is 8.47. The molecule has 0 radical (unpaired) electrons. The van der Waals surface area contributed by atoms with E-state index in [0.29, 0.717) is 0 Å². The van der Waals surface area contributed by atoms with Crippen LogP contribution in [-0.4, -0.2) is 0 Å². The van der Waals surface area contributed by atoms with Crippen LogP contribution in [0.15, 0.2) is 115 Å². The van der Waals surface area contributed by atoms with Gasteiger partial charge in [0.1, 0.15) is 0 Å². The Hall–Kier alpha value is -2.37. The second-order valence-corrected chi connectivity index (χ2v) is 5.69. The van der Waals surface area contributed by atoms with Crippen LogP contribution in [0.3, 0.4) is 0 Å². The van der Waals surface area contributed by atoms with Crippen molar-refractivity contribution in [3.63, 3.8) is 0 Å². The Morgan fingerprint density at radius 1 is 0.538 bits per heavy atom. The molecule has 0 aliphatic carbocycles. The van der Waals surface area contributed by atoms with Gasteiger partial charge in [-0.25, -0.2) is 0 Å². The van der Waals surface area contributed by atoms with Crippen molar-refractivity contribution in [1.82, 2.24) is 0 Å². The van der Waals surface area contributed by atoms with E-state index >= 15 is 0 Å². The zero-order valence-electron chi connectivity index (χ0n) is 14.6. The fourth-order valence-electron chi connectivity index (χ4n) is 2.53. The van der Waals surface area contributed by atoms with Crippen LogP contribution in [0.4, 0.5) is 0 Å². The van der Waals surface area contributed by atoms with Crippen LogP contribution in [0.2, 0.25) is 0 Å². The first kappa shape index (κ1) is 20.0. The molecule has 0 bridgehead atoms. The van der Waals surface area contributed by atoms with Crippen molar-refractivity contribution in [2.45, 2.75) is 0 Å². The smallest absolute Gasteiger partial charge is 0.168 e. The molecule has 0 N–H and O–H groups in total. The summed E-state index contributed by atoms with van der Waals surface area (Å²) in [5.74, 6) is 0. The number of hydrogen-bond donors (Lipinski definition) is 0. The molecule has 0 heterocycles. The number of rotatable bonds is 3. The van der Waals surface area contributed by atoms with Gasteiger partial charge in [-0.15, -0.1) is 29.7 Å². The molecular formula is C25H21Zr+. The number of benzene rings is 3. The van der Waals surface area contributed by atoms with E-state index in [0.717, 1.165) is 0 Å². The quantitative estimate of drug-likeness (QED) is 0.252. The van der Waals surface area contributed by atoms with E-state index in [4.69, 9.17) is 0 Å². The first-order valence-corrected chi connectivity index (χ1v) is 8.47. The maximum Gasteiger partial charge on any atom is 2.00 e. The molecule has 0 aliphatic rings. The van der Waals surface area contributed by atoms with Crippen molar-refractivity contribution in [2.75, 3.05) is 0 Å². The third-order valence-electron chi connectivity index (χ3n) is 3.84. The normalized spacial score (nSPS) is 10.5. The van der Waals surface area contributed by atoms with Crippen molar-refractivity contribution in [3.8, 4) is 0 Å². The Balaban J connectivity index is 0.000000206. The van der Waals surface area contributed by atoms with Gasteiger partial charge in [0.25, 0.3) is 0 Å². The Kier molecular flexibility index (Phi) is 8.66. The zero-order chi connectivity index (χ0) is 17.2. The second-order valence-electron chi connectivity index (χ2n) is 5.69. The topological polar surface area (TPSA) is 0 Å². The van der Waals surface area contributed by atoms with Gasteiger partial charge < -0.3 is 0 Å². The van der Waals surface area contributed by atoms with Gasteiger partial charge in [0, 0.05) is 0 Å². The SMILES string of the molecule is C(C=Cc1ccccc1)=Cc1ccccc1.[Zr+2].c1ccc2[cH-]ccc2c1. The van der Waals surface area contributed by atoms with Crippen molar-refractivity contribution in [3.05, 3.63) is 126 Å². The van der Waals surface area contributed by atoms with Gasteiger partial charge in [0.2, 0.25) is 0 Å². The summed E-state index contributed by atoms with van der Waals surface area (Å²) in [6.45, 7) is 0. The first-order chi connectivity index (χ1) is 12.4. The van der Waals surface area contributed by atoms with Crippen molar-refractivity contribution in [1.29, 1.82) is 0 Å². The molecule has 4 aromatic carbocycles. The number of allylic oxidation sites excluding steroid dienone is 2. The predicted molar refractivity (Wildman–Crippen MR) is 110 cm³/mol. The molecule has 26 heavy (non-hydrogen) atoms. The van der Waals surface area contributed by atoms with Gasteiger partial charge in [-0.3, -0.25) is 0 Å². The standard InChI is InChI=1S/C16H14.C9H7.Zr/c1-3-9-15(10-4-1)13-7-8-14-16-11-5-2-6-12-16;1-2-5-9-7-3-6-8(9)4-1;/h1-14H;1-7H;/q;-1;+2. The van der Waals surface area contributed by atoms with E-state index in [-0.39, 0.29) is 26.2 Å². The van der Waals surface area contributed by atoms with Gasteiger partial charge in [-0.05, 0) is 11.1 Å². The van der Waals surface area contributed by atoms with Crippen molar-refractivity contribution < 1.29 is 26.2 Å². The average molecular weight is 413 g/mol. The summed E-state index contributed by atoms with van der Waals surface area (Å²) in [4.78, 5) is 0. The van der Waals surface area contributed by atoms with Gasteiger partial charge in [-0.2, -0.15) is 17.5 Å². The fraction of sp³-hybridized carbons (Fsp3) is 0. The Morgan fingerprint density at radius 2 is 1.04 bits per heavy atom. The largest absolute Gasteiger partial charge is 2.00 e. The molecule has 0 amide bonds. The molecule has 1 heteroatoms. The van der Waals surface area contributed by atoms with Crippen LogP contribution < -0.4 is 0 Å². The molecular weight excluding hydrogens is 391 g/mol. The Labute approximate surface area is 175 Å². The van der Waals surface area contributed by atoms with Gasteiger partial charge in [0.15, 0.2) is 0 Å². The molecule has 0 nitrogen and oxygen atoms in total. The molecule has 0 aliphatic heterocycles. The molecule has 0 atom stereocenters. The molecule has 0 fully saturated rings. The minimum absolute atomic E-state index is 0. The molecule has 124 valence electrons. The minimum atomic E-state index is 0. The van der Waals surface area contributed by atoms with Gasteiger partial charge in [-0.1, -0.05) is 91.0 Å². The van der Waals surface area contributed by atoms with Crippen LogP contribution >= 0.6 is 0 Å². The maximum absolute atomic E-state index is 2.12. The average Bonchev–Trinajstić information content (AvgIpc) is 3.16. The van der Waals surface area contributed by atoms with Crippen LogP contribution in [0.25, 0.3) is 22.9 Å². The fourth-order valence-corrected chi connectivity index (χ4v) is 2.53. The monoisotopic (exact) mass is 411 g/mol. The minimum Gasteiger partial charge on any atom is -0.168 e. The molecule has 0 spiro atoms. The maximum atomic E-state index is 2.12. The second kappa shape index (κ2) is 11.3. The van der Waals surface area contributed by atoms with E-state index < -0.39 is 0 Å². The van der Waals surface area contributed by atoms with Crippen molar-refractivity contribution >= 4 is 22.9 Å². The molecule has 0 aromatic heterocycles. The Morgan fingerprint density at radius 3 is 1.58 bits per heavy atom. The molecule has 0 saturated carbocycles.